The Morgan fingerprint density at radius 3 is 1.00 bits per heavy atom. The summed E-state index contributed by atoms with van der Waals surface area (Å²) in [5.41, 5.74) is 0. The van der Waals surface area contributed by atoms with Gasteiger partial charge in [-0.2, -0.15) is 4.31 Å². The zero-order chi connectivity index (χ0) is 18.2. The Kier molecular flexibility index (Phi) is 19.1. The number of rotatable bonds is 14. The third kappa shape index (κ3) is 14.1. The molecule has 0 N–H and O–H groups in total. The number of phosphoric ester groups is 2. The normalized spacial score (nSPS) is 11.8. The van der Waals surface area contributed by atoms with Gasteiger partial charge in [0.1, 0.15) is 0 Å². The standard InChI is InChI=1S/C8H16Cl4O7P2.C2H4/c9-1-5-15-20(13,16-6-2-10)19-21(14,17-7-3-11)18-8-4-12;1-2/h1-8H2;1-2H2. The number of phosphoric acid groups is 2. The molecule has 0 spiro atoms. The van der Waals surface area contributed by atoms with Crippen molar-refractivity contribution in [1.29, 1.82) is 0 Å². The summed E-state index contributed by atoms with van der Waals surface area (Å²) in [6.45, 7) is 5.36. The van der Waals surface area contributed by atoms with Crippen molar-refractivity contribution in [2.45, 2.75) is 0 Å². The Morgan fingerprint density at radius 2 is 0.826 bits per heavy atom. The van der Waals surface area contributed by atoms with Crippen molar-refractivity contribution in [3.05, 3.63) is 13.2 Å². The Morgan fingerprint density at radius 1 is 0.609 bits per heavy atom. The zero-order valence-electron chi connectivity index (χ0n) is 12.3. The third-order valence-corrected chi connectivity index (χ3v) is 5.72. The van der Waals surface area contributed by atoms with Crippen molar-refractivity contribution in [1.82, 2.24) is 0 Å². The van der Waals surface area contributed by atoms with Crippen molar-refractivity contribution in [3.63, 3.8) is 0 Å². The van der Waals surface area contributed by atoms with Gasteiger partial charge in [-0.1, -0.05) is 0 Å². The van der Waals surface area contributed by atoms with E-state index in [2.05, 4.69) is 13.2 Å². The second-order valence-electron chi connectivity index (χ2n) is 3.06. The highest BCUT2D eigenvalue weighted by atomic mass is 35.5. The molecule has 0 aromatic carbocycles. The van der Waals surface area contributed by atoms with Crippen molar-refractivity contribution < 1.29 is 31.5 Å². The summed E-state index contributed by atoms with van der Waals surface area (Å²) >= 11 is 21.7. The minimum absolute atomic E-state index is 0.0208. The summed E-state index contributed by atoms with van der Waals surface area (Å²) in [7, 11) is -8.44. The van der Waals surface area contributed by atoms with Crippen molar-refractivity contribution >= 4 is 62.0 Å². The molecule has 0 saturated carbocycles. The van der Waals surface area contributed by atoms with Gasteiger partial charge in [-0.25, -0.2) is 9.13 Å². The van der Waals surface area contributed by atoms with Crippen LogP contribution in [-0.2, 0) is 31.5 Å². The molecular formula is C10H20Cl4O7P2. The molecule has 0 aromatic rings. The second-order valence-corrected chi connectivity index (χ2v) is 8.05. The van der Waals surface area contributed by atoms with Crippen LogP contribution in [0.15, 0.2) is 13.2 Å². The molecule has 13 heteroatoms. The lowest BCUT2D eigenvalue weighted by Gasteiger charge is -2.22. The molecule has 23 heavy (non-hydrogen) atoms. The van der Waals surface area contributed by atoms with Gasteiger partial charge in [0.2, 0.25) is 0 Å². The van der Waals surface area contributed by atoms with Crippen LogP contribution in [0.25, 0.3) is 0 Å². The maximum atomic E-state index is 12.3. The van der Waals surface area contributed by atoms with Crippen LogP contribution in [-0.4, -0.2) is 49.9 Å². The van der Waals surface area contributed by atoms with E-state index in [1.165, 1.54) is 0 Å². The lowest BCUT2D eigenvalue weighted by molar-refractivity contribution is 0.121. The van der Waals surface area contributed by atoms with Gasteiger partial charge in [0.05, 0.1) is 26.4 Å². The largest absolute Gasteiger partial charge is 0.483 e. The monoisotopic (exact) mass is 454 g/mol. The van der Waals surface area contributed by atoms with E-state index >= 15 is 0 Å². The molecule has 0 unspecified atom stereocenters. The van der Waals surface area contributed by atoms with Crippen LogP contribution >= 0.6 is 62.0 Å². The molecule has 0 aliphatic rings. The quantitative estimate of drug-likeness (QED) is 0.206. The first-order valence-corrected chi connectivity index (χ1v) is 11.2. The van der Waals surface area contributed by atoms with E-state index in [0.717, 1.165) is 0 Å². The SMILES string of the molecule is C=C.O=P(OCCCl)(OCCCl)OP(=O)(OCCCl)OCCCl. The first kappa shape index (κ1) is 26.4. The van der Waals surface area contributed by atoms with E-state index in [-0.39, 0.29) is 49.9 Å². The van der Waals surface area contributed by atoms with Gasteiger partial charge in [0, 0.05) is 23.5 Å². The Bertz CT molecular complexity index is 319. The van der Waals surface area contributed by atoms with Crippen LogP contribution in [0.3, 0.4) is 0 Å². The van der Waals surface area contributed by atoms with Crippen LogP contribution in [0.4, 0.5) is 0 Å². The fraction of sp³-hybridized carbons (Fsp3) is 0.800. The number of hydrogen-bond acceptors (Lipinski definition) is 7. The summed E-state index contributed by atoms with van der Waals surface area (Å²) in [5.74, 6) is 0.0832. The molecule has 0 aliphatic heterocycles. The second kappa shape index (κ2) is 16.6. The van der Waals surface area contributed by atoms with Gasteiger partial charge in [-0.15, -0.1) is 59.6 Å². The number of alkyl halides is 4. The summed E-state index contributed by atoms with van der Waals surface area (Å²) in [6, 6.07) is 0. The molecular weight excluding hydrogens is 436 g/mol. The van der Waals surface area contributed by atoms with E-state index < -0.39 is 15.6 Å². The Hall–Kier alpha value is 1.16. The highest BCUT2D eigenvalue weighted by molar-refractivity contribution is 7.62. The molecule has 0 atom stereocenters. The fourth-order valence-electron chi connectivity index (χ4n) is 0.877. The van der Waals surface area contributed by atoms with Gasteiger partial charge in [0.15, 0.2) is 0 Å². The van der Waals surface area contributed by atoms with Gasteiger partial charge in [0.25, 0.3) is 0 Å². The molecule has 0 aromatic heterocycles. The predicted octanol–water partition coefficient (Wildman–Crippen LogP) is 5.04. The van der Waals surface area contributed by atoms with Crippen molar-refractivity contribution in [3.8, 4) is 0 Å². The van der Waals surface area contributed by atoms with Gasteiger partial charge < -0.3 is 0 Å². The van der Waals surface area contributed by atoms with Crippen LogP contribution < -0.4 is 0 Å². The minimum Gasteiger partial charge on any atom is -0.285 e. The molecule has 0 fully saturated rings. The highest BCUT2D eigenvalue weighted by Gasteiger charge is 2.40. The molecule has 0 bridgehead atoms. The maximum Gasteiger partial charge on any atom is 0.483 e. The topological polar surface area (TPSA) is 80.3 Å². The molecule has 0 saturated heterocycles. The van der Waals surface area contributed by atoms with E-state index in [0.29, 0.717) is 0 Å². The minimum atomic E-state index is -4.22. The number of halogens is 4. The summed E-state index contributed by atoms with van der Waals surface area (Å²) in [4.78, 5) is 0. The molecule has 0 amide bonds. The van der Waals surface area contributed by atoms with E-state index in [1.54, 1.807) is 0 Å². The number of hydrogen-bond donors (Lipinski definition) is 0. The Labute approximate surface area is 156 Å². The van der Waals surface area contributed by atoms with Crippen LogP contribution in [0.2, 0.25) is 0 Å². The average molecular weight is 456 g/mol. The molecule has 0 radical (unpaired) electrons. The molecule has 7 nitrogen and oxygen atoms in total. The first-order chi connectivity index (χ1) is 10.9. The van der Waals surface area contributed by atoms with Crippen LogP contribution in [0, 0.1) is 0 Å². The van der Waals surface area contributed by atoms with Crippen molar-refractivity contribution in [2.75, 3.05) is 49.9 Å². The fourth-order valence-corrected chi connectivity index (χ4v) is 4.76. The van der Waals surface area contributed by atoms with E-state index in [9.17, 15) is 9.13 Å². The Balaban J connectivity index is 0. The maximum absolute atomic E-state index is 12.3. The van der Waals surface area contributed by atoms with Gasteiger partial charge in [-0.3, -0.25) is 18.1 Å². The summed E-state index contributed by atoms with van der Waals surface area (Å²) in [6.07, 6.45) is 0. The lowest BCUT2D eigenvalue weighted by atomic mass is 10.9. The highest BCUT2D eigenvalue weighted by Crippen LogP contribution is 2.65. The molecule has 140 valence electrons. The van der Waals surface area contributed by atoms with E-state index in [4.69, 9.17) is 68.8 Å². The first-order valence-electron chi connectivity index (χ1n) is 6.18. The smallest absolute Gasteiger partial charge is 0.285 e. The summed E-state index contributed by atoms with van der Waals surface area (Å²) < 4.78 is 48.8. The van der Waals surface area contributed by atoms with Crippen LogP contribution in [0.1, 0.15) is 0 Å². The van der Waals surface area contributed by atoms with Gasteiger partial charge >= 0.3 is 15.6 Å². The molecule has 0 rings (SSSR count). The lowest BCUT2D eigenvalue weighted by Crippen LogP contribution is -2.08. The summed E-state index contributed by atoms with van der Waals surface area (Å²) in [5, 5.41) is 0. The zero-order valence-corrected chi connectivity index (χ0v) is 17.1. The molecule has 0 aliphatic carbocycles. The van der Waals surface area contributed by atoms with Crippen LogP contribution in [0.5, 0.6) is 0 Å². The van der Waals surface area contributed by atoms with Gasteiger partial charge in [-0.05, 0) is 0 Å². The average Bonchev–Trinajstić information content (AvgIpc) is 2.56. The predicted molar refractivity (Wildman–Crippen MR) is 94.2 cm³/mol. The van der Waals surface area contributed by atoms with Crippen molar-refractivity contribution in [2.24, 2.45) is 0 Å². The molecule has 0 heterocycles. The van der Waals surface area contributed by atoms with E-state index in [1.807, 2.05) is 0 Å². The third-order valence-electron chi connectivity index (χ3n) is 1.51.